The summed E-state index contributed by atoms with van der Waals surface area (Å²) >= 11 is 1.45. The first-order chi connectivity index (χ1) is 15.6. The van der Waals surface area contributed by atoms with E-state index in [0.29, 0.717) is 25.5 Å². The van der Waals surface area contributed by atoms with E-state index in [0.717, 1.165) is 40.5 Å². The highest BCUT2D eigenvalue weighted by atomic mass is 32.1. The number of rotatable bonds is 10. The summed E-state index contributed by atoms with van der Waals surface area (Å²) in [5.41, 5.74) is 3.42. The van der Waals surface area contributed by atoms with E-state index in [1.165, 1.54) is 16.9 Å². The van der Waals surface area contributed by atoms with Crippen molar-refractivity contribution in [3.05, 3.63) is 82.3 Å². The summed E-state index contributed by atoms with van der Waals surface area (Å²) in [6.07, 6.45) is 1.56. The normalized spacial score (nSPS) is 11.2. The maximum Gasteiger partial charge on any atom is 0.261 e. The molecule has 0 fully saturated rings. The topological polar surface area (TPSA) is 56.1 Å². The molecule has 2 heterocycles. The van der Waals surface area contributed by atoms with E-state index in [1.807, 2.05) is 47.8 Å². The van der Waals surface area contributed by atoms with Crippen LogP contribution >= 0.6 is 11.3 Å². The summed E-state index contributed by atoms with van der Waals surface area (Å²) in [5.74, 6) is 2.38. The van der Waals surface area contributed by atoms with Crippen molar-refractivity contribution in [1.29, 1.82) is 0 Å². The molecule has 5 nitrogen and oxygen atoms in total. The smallest absolute Gasteiger partial charge is 0.261 e. The van der Waals surface area contributed by atoms with Crippen molar-refractivity contribution in [3.8, 4) is 5.75 Å². The Bertz CT molecular complexity index is 1150. The molecule has 0 radical (unpaired) electrons. The zero-order chi connectivity index (χ0) is 22.3. The van der Waals surface area contributed by atoms with Crippen LogP contribution in [0.15, 0.2) is 66.0 Å². The molecule has 0 bridgehead atoms. The van der Waals surface area contributed by atoms with E-state index in [9.17, 15) is 4.79 Å². The number of carbonyl (C=O) groups excluding carboxylic acids is 1. The summed E-state index contributed by atoms with van der Waals surface area (Å²) in [7, 11) is 0. The molecule has 1 N–H and O–H groups in total. The lowest BCUT2D eigenvalue weighted by Crippen LogP contribution is -2.25. The van der Waals surface area contributed by atoms with Crippen molar-refractivity contribution in [1.82, 2.24) is 14.9 Å². The van der Waals surface area contributed by atoms with Gasteiger partial charge in [-0.15, -0.1) is 11.3 Å². The van der Waals surface area contributed by atoms with Crippen molar-refractivity contribution in [2.45, 2.75) is 39.2 Å². The maximum atomic E-state index is 12.2. The highest BCUT2D eigenvalue weighted by Crippen LogP contribution is 2.20. The maximum absolute atomic E-state index is 12.2. The Hall–Kier alpha value is -3.12. The number of hydrogen-bond acceptors (Lipinski definition) is 4. The molecule has 0 saturated heterocycles. The number of benzene rings is 2. The number of nitrogens with one attached hydrogen (secondary N) is 1. The van der Waals surface area contributed by atoms with Gasteiger partial charge in [-0.25, -0.2) is 4.98 Å². The third-order valence-corrected chi connectivity index (χ3v) is 6.32. The summed E-state index contributed by atoms with van der Waals surface area (Å²) in [5, 5.41) is 4.91. The summed E-state index contributed by atoms with van der Waals surface area (Å²) in [4.78, 5) is 17.8. The molecule has 1 amide bonds. The van der Waals surface area contributed by atoms with Crippen LogP contribution in [0.3, 0.4) is 0 Å². The number of para-hydroxylation sites is 2. The Balaban J connectivity index is 1.35. The molecule has 6 heteroatoms. The minimum absolute atomic E-state index is 0.0282. The summed E-state index contributed by atoms with van der Waals surface area (Å²) in [6.45, 7) is 6.40. The van der Waals surface area contributed by atoms with Gasteiger partial charge in [-0.1, -0.05) is 44.2 Å². The quantitative estimate of drug-likeness (QED) is 0.319. The van der Waals surface area contributed by atoms with Gasteiger partial charge < -0.3 is 14.6 Å². The fraction of sp³-hybridized carbons (Fsp3) is 0.308. The standard InChI is InChI=1S/C26H29N3O2S/c1-19(2)20-10-12-21(13-11-20)31-17-6-16-29-23-8-4-3-7-22(23)28-25(29)14-15-27-26(30)24-9-5-18-32-24/h3-5,7-13,18-19H,6,14-17H2,1-2H3,(H,27,30). The molecular weight excluding hydrogens is 418 g/mol. The number of nitrogens with zero attached hydrogens (tertiary/aromatic N) is 2. The van der Waals surface area contributed by atoms with Crippen LogP contribution in [-0.4, -0.2) is 28.6 Å². The Morgan fingerprint density at radius 2 is 1.91 bits per heavy atom. The number of carbonyl (C=O) groups is 1. The molecule has 0 atom stereocenters. The van der Waals surface area contributed by atoms with E-state index in [1.54, 1.807) is 0 Å². The molecule has 4 rings (SSSR count). The summed E-state index contributed by atoms with van der Waals surface area (Å²) < 4.78 is 8.20. The number of imidazole rings is 1. The second-order valence-corrected chi connectivity index (χ2v) is 9.03. The molecule has 0 aliphatic rings. The Kier molecular flexibility index (Phi) is 7.22. The SMILES string of the molecule is CC(C)c1ccc(OCCCn2c(CCNC(=O)c3cccs3)nc3ccccc32)cc1. The predicted octanol–water partition coefficient (Wildman–Crippen LogP) is 5.66. The van der Waals surface area contributed by atoms with Crippen LogP contribution < -0.4 is 10.1 Å². The molecule has 166 valence electrons. The fourth-order valence-corrected chi connectivity index (χ4v) is 4.35. The lowest BCUT2D eigenvalue weighted by Gasteiger charge is -2.12. The average Bonchev–Trinajstić information content (AvgIpc) is 3.45. The molecule has 4 aromatic rings. The second kappa shape index (κ2) is 10.5. The van der Waals surface area contributed by atoms with Crippen LogP contribution in [0.5, 0.6) is 5.75 Å². The molecule has 0 aliphatic carbocycles. The van der Waals surface area contributed by atoms with Crippen LogP contribution in [0.2, 0.25) is 0 Å². The van der Waals surface area contributed by atoms with Gasteiger partial charge in [0.25, 0.3) is 5.91 Å². The molecule has 32 heavy (non-hydrogen) atoms. The Morgan fingerprint density at radius 3 is 2.66 bits per heavy atom. The zero-order valence-electron chi connectivity index (χ0n) is 18.6. The minimum Gasteiger partial charge on any atom is -0.494 e. The van der Waals surface area contributed by atoms with E-state index >= 15 is 0 Å². The molecule has 0 spiro atoms. The van der Waals surface area contributed by atoms with Crippen LogP contribution in [0.25, 0.3) is 11.0 Å². The van der Waals surface area contributed by atoms with E-state index in [4.69, 9.17) is 9.72 Å². The fourth-order valence-electron chi connectivity index (χ4n) is 3.71. The first-order valence-corrected chi connectivity index (χ1v) is 12.0. The number of thiophene rings is 1. The molecule has 0 aliphatic heterocycles. The molecule has 2 aromatic heterocycles. The zero-order valence-corrected chi connectivity index (χ0v) is 19.4. The van der Waals surface area contributed by atoms with Gasteiger partial charge >= 0.3 is 0 Å². The average molecular weight is 448 g/mol. The highest BCUT2D eigenvalue weighted by Gasteiger charge is 2.12. The molecule has 0 saturated carbocycles. The number of hydrogen-bond donors (Lipinski definition) is 1. The molecule has 2 aromatic carbocycles. The van der Waals surface area contributed by atoms with Crippen LogP contribution in [0, 0.1) is 0 Å². The predicted molar refractivity (Wildman–Crippen MR) is 131 cm³/mol. The van der Waals surface area contributed by atoms with Gasteiger partial charge in [0.05, 0.1) is 22.5 Å². The van der Waals surface area contributed by atoms with Crippen LogP contribution in [0.1, 0.15) is 47.2 Å². The third kappa shape index (κ3) is 5.37. The largest absolute Gasteiger partial charge is 0.494 e. The third-order valence-electron chi connectivity index (χ3n) is 5.45. The number of fused-ring (bicyclic) bond motifs is 1. The van der Waals surface area contributed by atoms with Gasteiger partial charge in [0.15, 0.2) is 0 Å². The van der Waals surface area contributed by atoms with Gasteiger partial charge in [0, 0.05) is 19.5 Å². The highest BCUT2D eigenvalue weighted by molar-refractivity contribution is 7.12. The van der Waals surface area contributed by atoms with Crippen molar-refractivity contribution in [2.24, 2.45) is 0 Å². The molecule has 0 unspecified atom stereocenters. The van der Waals surface area contributed by atoms with Gasteiger partial charge in [-0.3, -0.25) is 4.79 Å². The number of ether oxygens (including phenoxy) is 1. The van der Waals surface area contributed by atoms with Crippen molar-refractivity contribution >= 4 is 28.3 Å². The lowest BCUT2D eigenvalue weighted by molar-refractivity contribution is 0.0958. The van der Waals surface area contributed by atoms with Crippen LogP contribution in [0.4, 0.5) is 0 Å². The van der Waals surface area contributed by atoms with Crippen LogP contribution in [-0.2, 0) is 13.0 Å². The van der Waals surface area contributed by atoms with Gasteiger partial charge in [-0.2, -0.15) is 0 Å². The minimum atomic E-state index is -0.0282. The number of aromatic nitrogens is 2. The number of amides is 1. The number of aryl methyl sites for hydroxylation is 1. The van der Waals surface area contributed by atoms with E-state index in [-0.39, 0.29) is 5.91 Å². The Morgan fingerprint density at radius 1 is 1.09 bits per heavy atom. The lowest BCUT2D eigenvalue weighted by atomic mass is 10.0. The van der Waals surface area contributed by atoms with Gasteiger partial charge in [0.2, 0.25) is 0 Å². The monoisotopic (exact) mass is 447 g/mol. The van der Waals surface area contributed by atoms with Crippen molar-refractivity contribution in [2.75, 3.05) is 13.2 Å². The Labute approximate surface area is 193 Å². The van der Waals surface area contributed by atoms with E-state index in [2.05, 4.69) is 41.9 Å². The first kappa shape index (κ1) is 22.1. The van der Waals surface area contributed by atoms with Crippen molar-refractivity contribution in [3.63, 3.8) is 0 Å². The van der Waals surface area contributed by atoms with Gasteiger partial charge in [-0.05, 0) is 53.6 Å². The second-order valence-electron chi connectivity index (χ2n) is 8.08. The summed E-state index contributed by atoms with van der Waals surface area (Å²) in [6, 6.07) is 20.3. The van der Waals surface area contributed by atoms with E-state index < -0.39 is 0 Å². The van der Waals surface area contributed by atoms with Crippen molar-refractivity contribution < 1.29 is 9.53 Å². The first-order valence-electron chi connectivity index (χ1n) is 11.1. The van der Waals surface area contributed by atoms with Gasteiger partial charge in [0.1, 0.15) is 11.6 Å². The molecular formula is C26H29N3O2S.